The molecule has 0 aromatic heterocycles. The van der Waals surface area contributed by atoms with Crippen LogP contribution >= 0.6 is 15.9 Å². The number of unbranched alkanes of at least 4 members (excludes halogenated alkanes) is 1. The van der Waals surface area contributed by atoms with Crippen molar-refractivity contribution in [2.24, 2.45) is 0 Å². The predicted molar refractivity (Wildman–Crippen MR) is 66.7 cm³/mol. The summed E-state index contributed by atoms with van der Waals surface area (Å²) in [4.78, 5) is 10.9. The molecule has 0 saturated heterocycles. The van der Waals surface area contributed by atoms with Crippen molar-refractivity contribution < 1.29 is 14.6 Å². The van der Waals surface area contributed by atoms with Crippen molar-refractivity contribution in [3.8, 4) is 5.75 Å². The van der Waals surface area contributed by atoms with E-state index in [9.17, 15) is 4.79 Å². The quantitative estimate of drug-likeness (QED) is 0.645. The summed E-state index contributed by atoms with van der Waals surface area (Å²) in [5.41, 5.74) is 1.23. The summed E-state index contributed by atoms with van der Waals surface area (Å²) < 4.78 is 5.48. The number of rotatable bonds is 6. The van der Waals surface area contributed by atoms with Gasteiger partial charge in [-0.15, -0.1) is 0 Å². The fraction of sp³-hybridized carbons (Fsp3) is 0.417. The van der Waals surface area contributed by atoms with Crippen LogP contribution in [0.15, 0.2) is 18.2 Å². The minimum absolute atomic E-state index is 0.226. The molecule has 0 bridgehead atoms. The van der Waals surface area contributed by atoms with Gasteiger partial charge >= 0.3 is 5.97 Å². The first kappa shape index (κ1) is 13.0. The Labute approximate surface area is 104 Å². The molecule has 0 fully saturated rings. The molecule has 0 saturated carbocycles. The first-order valence-corrected chi connectivity index (χ1v) is 6.30. The van der Waals surface area contributed by atoms with Gasteiger partial charge in [-0.25, -0.2) is 4.79 Å². The molecule has 0 amide bonds. The lowest BCUT2D eigenvalue weighted by atomic mass is 10.1. The second kappa shape index (κ2) is 6.53. The maximum Gasteiger partial charge on any atom is 0.339 e. The third-order valence-corrected chi connectivity index (χ3v) is 2.71. The van der Waals surface area contributed by atoms with E-state index in [2.05, 4.69) is 15.9 Å². The van der Waals surface area contributed by atoms with Crippen LogP contribution in [0, 0.1) is 6.92 Å². The second-order valence-electron chi connectivity index (χ2n) is 3.55. The number of aromatic carboxylic acids is 1. The van der Waals surface area contributed by atoms with Crippen LogP contribution < -0.4 is 4.74 Å². The number of aryl methyl sites for hydroxylation is 1. The van der Waals surface area contributed by atoms with Crippen LogP contribution in [0.4, 0.5) is 0 Å². The SMILES string of the molecule is Cc1ccc(C(=O)O)c(OCCCCBr)c1. The van der Waals surface area contributed by atoms with E-state index in [1.807, 2.05) is 6.92 Å². The number of carbonyl (C=O) groups is 1. The lowest BCUT2D eigenvalue weighted by Gasteiger charge is -2.09. The minimum Gasteiger partial charge on any atom is -0.493 e. The van der Waals surface area contributed by atoms with Gasteiger partial charge in [-0.1, -0.05) is 22.0 Å². The molecule has 0 aliphatic carbocycles. The smallest absolute Gasteiger partial charge is 0.339 e. The maximum absolute atomic E-state index is 10.9. The molecule has 88 valence electrons. The molecule has 3 nitrogen and oxygen atoms in total. The first-order valence-electron chi connectivity index (χ1n) is 5.18. The third-order valence-electron chi connectivity index (χ3n) is 2.15. The highest BCUT2D eigenvalue weighted by atomic mass is 79.9. The number of hydrogen-bond donors (Lipinski definition) is 1. The molecule has 16 heavy (non-hydrogen) atoms. The predicted octanol–water partition coefficient (Wildman–Crippen LogP) is 3.25. The molecule has 0 aliphatic rings. The Kier molecular flexibility index (Phi) is 5.32. The van der Waals surface area contributed by atoms with Crippen LogP contribution in [-0.2, 0) is 0 Å². The van der Waals surface area contributed by atoms with Crippen molar-refractivity contribution in [3.63, 3.8) is 0 Å². The van der Waals surface area contributed by atoms with E-state index in [0.717, 1.165) is 23.7 Å². The van der Waals surface area contributed by atoms with Gasteiger partial charge < -0.3 is 9.84 Å². The minimum atomic E-state index is -0.949. The Bertz CT molecular complexity index is 363. The monoisotopic (exact) mass is 286 g/mol. The van der Waals surface area contributed by atoms with Crippen LogP contribution in [0.1, 0.15) is 28.8 Å². The molecule has 4 heteroatoms. The molecular weight excluding hydrogens is 272 g/mol. The number of carboxylic acid groups (broad SMARTS) is 1. The fourth-order valence-corrected chi connectivity index (χ4v) is 1.70. The zero-order valence-electron chi connectivity index (χ0n) is 9.20. The van der Waals surface area contributed by atoms with E-state index in [1.165, 1.54) is 0 Å². The topological polar surface area (TPSA) is 46.5 Å². The molecule has 0 radical (unpaired) electrons. The Balaban J connectivity index is 2.68. The van der Waals surface area contributed by atoms with Crippen LogP contribution in [0.5, 0.6) is 5.75 Å². The molecule has 0 unspecified atom stereocenters. The average Bonchev–Trinajstić information content (AvgIpc) is 2.24. The third kappa shape index (κ3) is 3.85. The van der Waals surface area contributed by atoms with Crippen molar-refractivity contribution in [3.05, 3.63) is 29.3 Å². The van der Waals surface area contributed by atoms with E-state index >= 15 is 0 Å². The highest BCUT2D eigenvalue weighted by Crippen LogP contribution is 2.20. The van der Waals surface area contributed by atoms with Gasteiger partial charge in [0.1, 0.15) is 11.3 Å². The Morgan fingerprint density at radius 1 is 1.44 bits per heavy atom. The molecule has 0 atom stereocenters. The van der Waals surface area contributed by atoms with Crippen molar-refractivity contribution in [1.29, 1.82) is 0 Å². The van der Waals surface area contributed by atoms with E-state index in [-0.39, 0.29) is 5.56 Å². The number of carboxylic acids is 1. The molecule has 1 aromatic carbocycles. The molecule has 0 spiro atoms. The summed E-state index contributed by atoms with van der Waals surface area (Å²) in [6, 6.07) is 5.11. The standard InChI is InChI=1S/C12H15BrO3/c1-9-4-5-10(12(14)15)11(8-9)16-7-3-2-6-13/h4-5,8H,2-3,6-7H2,1H3,(H,14,15). The van der Waals surface area contributed by atoms with E-state index in [1.54, 1.807) is 18.2 Å². The Hall–Kier alpha value is -1.03. The van der Waals surface area contributed by atoms with Gasteiger partial charge in [0.05, 0.1) is 6.61 Å². The molecule has 0 heterocycles. The average molecular weight is 287 g/mol. The van der Waals surface area contributed by atoms with Crippen LogP contribution in [-0.4, -0.2) is 23.0 Å². The molecule has 0 aliphatic heterocycles. The molecule has 1 aromatic rings. The lowest BCUT2D eigenvalue weighted by Crippen LogP contribution is -2.05. The summed E-state index contributed by atoms with van der Waals surface area (Å²) in [7, 11) is 0. The van der Waals surface area contributed by atoms with Gasteiger partial charge in [0.25, 0.3) is 0 Å². The largest absolute Gasteiger partial charge is 0.493 e. The molecule has 1 rings (SSSR count). The van der Waals surface area contributed by atoms with Crippen molar-refractivity contribution in [1.82, 2.24) is 0 Å². The van der Waals surface area contributed by atoms with Gasteiger partial charge in [-0.05, 0) is 37.5 Å². The Morgan fingerprint density at radius 2 is 2.19 bits per heavy atom. The van der Waals surface area contributed by atoms with Gasteiger partial charge in [0.15, 0.2) is 0 Å². The van der Waals surface area contributed by atoms with Gasteiger partial charge in [-0.3, -0.25) is 0 Å². The highest BCUT2D eigenvalue weighted by Gasteiger charge is 2.10. The van der Waals surface area contributed by atoms with Crippen molar-refractivity contribution in [2.75, 3.05) is 11.9 Å². The van der Waals surface area contributed by atoms with Crippen LogP contribution in [0.2, 0.25) is 0 Å². The number of halogens is 1. The maximum atomic E-state index is 10.9. The zero-order chi connectivity index (χ0) is 12.0. The second-order valence-corrected chi connectivity index (χ2v) is 4.34. The van der Waals surface area contributed by atoms with E-state index in [0.29, 0.717) is 12.4 Å². The van der Waals surface area contributed by atoms with Crippen LogP contribution in [0.3, 0.4) is 0 Å². The zero-order valence-corrected chi connectivity index (χ0v) is 10.8. The Morgan fingerprint density at radius 3 is 2.81 bits per heavy atom. The summed E-state index contributed by atoms with van der Waals surface area (Å²) in [5.74, 6) is -0.488. The summed E-state index contributed by atoms with van der Waals surface area (Å²) in [6.45, 7) is 2.46. The number of ether oxygens (including phenoxy) is 1. The van der Waals surface area contributed by atoms with Gasteiger partial charge in [-0.2, -0.15) is 0 Å². The summed E-state index contributed by atoms with van der Waals surface area (Å²) in [6.07, 6.45) is 1.94. The number of benzene rings is 1. The molecular formula is C12H15BrO3. The highest BCUT2D eigenvalue weighted by molar-refractivity contribution is 9.09. The number of hydrogen-bond acceptors (Lipinski definition) is 2. The van der Waals surface area contributed by atoms with E-state index in [4.69, 9.17) is 9.84 Å². The summed E-state index contributed by atoms with van der Waals surface area (Å²) in [5, 5.41) is 9.91. The van der Waals surface area contributed by atoms with Crippen LogP contribution in [0.25, 0.3) is 0 Å². The van der Waals surface area contributed by atoms with Gasteiger partial charge in [0, 0.05) is 5.33 Å². The van der Waals surface area contributed by atoms with Gasteiger partial charge in [0.2, 0.25) is 0 Å². The van der Waals surface area contributed by atoms with Crippen molar-refractivity contribution in [2.45, 2.75) is 19.8 Å². The lowest BCUT2D eigenvalue weighted by molar-refractivity contribution is 0.0692. The normalized spacial score (nSPS) is 10.1. The van der Waals surface area contributed by atoms with E-state index < -0.39 is 5.97 Å². The molecule has 1 N–H and O–H groups in total. The van der Waals surface area contributed by atoms with Crippen molar-refractivity contribution >= 4 is 21.9 Å². The number of alkyl halides is 1. The first-order chi connectivity index (χ1) is 7.65. The summed E-state index contributed by atoms with van der Waals surface area (Å²) >= 11 is 3.34. The fourth-order valence-electron chi connectivity index (χ4n) is 1.30.